The number of hydrogen-bond acceptors (Lipinski definition) is 3. The zero-order chi connectivity index (χ0) is 14.3. The molecule has 0 aromatic heterocycles. The number of carbonyl (C=O) groups is 2. The van der Waals surface area contributed by atoms with Crippen LogP contribution in [0.2, 0.25) is 0 Å². The van der Waals surface area contributed by atoms with Gasteiger partial charge in [-0.15, -0.1) is 0 Å². The van der Waals surface area contributed by atoms with E-state index < -0.39 is 11.4 Å². The van der Waals surface area contributed by atoms with Crippen molar-refractivity contribution in [2.24, 2.45) is 11.1 Å². The second kappa shape index (κ2) is 7.48. The maximum absolute atomic E-state index is 12.1. The molecule has 0 saturated heterocycles. The van der Waals surface area contributed by atoms with Crippen LogP contribution in [0, 0.1) is 5.41 Å². The van der Waals surface area contributed by atoms with Gasteiger partial charge in [-0.3, -0.25) is 9.59 Å². The zero-order valence-electron chi connectivity index (χ0n) is 11.8. The lowest BCUT2D eigenvalue weighted by molar-refractivity contribution is -0.137. The summed E-state index contributed by atoms with van der Waals surface area (Å²) in [4.78, 5) is 22.4. The number of aliphatic carboxylic acids is 1. The molecule has 0 aromatic rings. The fourth-order valence-corrected chi connectivity index (χ4v) is 2.63. The number of rotatable bonds is 8. The number of nitrogens with two attached hydrogens (primary N) is 1. The average molecular weight is 270 g/mol. The van der Waals surface area contributed by atoms with E-state index in [1.54, 1.807) is 0 Å². The molecule has 5 heteroatoms. The van der Waals surface area contributed by atoms with Crippen LogP contribution in [0.3, 0.4) is 0 Å². The monoisotopic (exact) mass is 270 g/mol. The molecular weight excluding hydrogens is 244 g/mol. The number of nitrogens with one attached hydrogen (secondary N) is 1. The summed E-state index contributed by atoms with van der Waals surface area (Å²) in [6, 6.07) is -0.0249. The van der Waals surface area contributed by atoms with Gasteiger partial charge in [-0.05, 0) is 32.6 Å². The summed E-state index contributed by atoms with van der Waals surface area (Å²) in [5.41, 5.74) is 5.60. The molecule has 1 saturated carbocycles. The largest absolute Gasteiger partial charge is 0.481 e. The number of hydrogen-bond donors (Lipinski definition) is 3. The Morgan fingerprint density at radius 2 is 2.00 bits per heavy atom. The Morgan fingerprint density at radius 3 is 2.58 bits per heavy atom. The summed E-state index contributed by atoms with van der Waals surface area (Å²) >= 11 is 0. The quantitative estimate of drug-likeness (QED) is 0.585. The highest BCUT2D eigenvalue weighted by molar-refractivity contribution is 5.83. The maximum atomic E-state index is 12.1. The molecule has 0 radical (unpaired) electrons. The molecule has 2 atom stereocenters. The molecular formula is C14H26N2O3. The SMILES string of the molecule is CC1(C(=O)NCCCCCCC(=O)O)CCCC1N. The minimum absolute atomic E-state index is 0.0249. The van der Waals surface area contributed by atoms with E-state index in [2.05, 4.69) is 5.32 Å². The number of carboxylic acid groups (broad SMARTS) is 1. The van der Waals surface area contributed by atoms with E-state index in [1.807, 2.05) is 6.92 Å². The lowest BCUT2D eigenvalue weighted by atomic mass is 9.84. The zero-order valence-corrected chi connectivity index (χ0v) is 11.8. The Kier molecular flexibility index (Phi) is 6.28. The highest BCUT2D eigenvalue weighted by atomic mass is 16.4. The molecule has 0 aliphatic heterocycles. The Balaban J connectivity index is 2.09. The average Bonchev–Trinajstić information content (AvgIpc) is 2.69. The number of unbranched alkanes of at least 4 members (excludes halogenated alkanes) is 3. The molecule has 2 unspecified atom stereocenters. The minimum Gasteiger partial charge on any atom is -0.481 e. The van der Waals surface area contributed by atoms with Gasteiger partial charge >= 0.3 is 5.97 Å². The molecule has 19 heavy (non-hydrogen) atoms. The van der Waals surface area contributed by atoms with Crippen molar-refractivity contribution in [3.05, 3.63) is 0 Å². The Labute approximate surface area is 114 Å². The molecule has 4 N–H and O–H groups in total. The molecule has 0 heterocycles. The first kappa shape index (κ1) is 16.0. The van der Waals surface area contributed by atoms with Gasteiger partial charge in [0.1, 0.15) is 0 Å². The predicted octanol–water partition coefficient (Wildman–Crippen LogP) is 1.66. The number of carboxylic acids is 1. The van der Waals surface area contributed by atoms with Crippen molar-refractivity contribution in [3.8, 4) is 0 Å². The van der Waals surface area contributed by atoms with Crippen LogP contribution in [-0.4, -0.2) is 29.6 Å². The van der Waals surface area contributed by atoms with Gasteiger partial charge in [0, 0.05) is 19.0 Å². The topological polar surface area (TPSA) is 92.4 Å². The molecule has 1 aliphatic rings. The van der Waals surface area contributed by atoms with Crippen molar-refractivity contribution >= 4 is 11.9 Å². The van der Waals surface area contributed by atoms with Crippen LogP contribution < -0.4 is 11.1 Å². The fourth-order valence-electron chi connectivity index (χ4n) is 2.63. The fraction of sp³-hybridized carbons (Fsp3) is 0.857. The lowest BCUT2D eigenvalue weighted by Crippen LogP contribution is -2.47. The first-order chi connectivity index (χ1) is 8.97. The van der Waals surface area contributed by atoms with Crippen LogP contribution >= 0.6 is 0 Å². The highest BCUT2D eigenvalue weighted by Crippen LogP contribution is 2.36. The predicted molar refractivity (Wildman–Crippen MR) is 73.7 cm³/mol. The van der Waals surface area contributed by atoms with Gasteiger partial charge in [-0.2, -0.15) is 0 Å². The number of amides is 1. The first-order valence-corrected chi connectivity index (χ1v) is 7.22. The Hall–Kier alpha value is -1.10. The third kappa shape index (κ3) is 4.82. The Morgan fingerprint density at radius 1 is 1.32 bits per heavy atom. The van der Waals surface area contributed by atoms with Crippen LogP contribution in [0.5, 0.6) is 0 Å². The summed E-state index contributed by atoms with van der Waals surface area (Å²) in [5, 5.41) is 11.5. The first-order valence-electron chi connectivity index (χ1n) is 7.22. The van der Waals surface area contributed by atoms with Crippen LogP contribution in [0.25, 0.3) is 0 Å². The third-order valence-electron chi connectivity index (χ3n) is 4.15. The van der Waals surface area contributed by atoms with Gasteiger partial charge in [-0.1, -0.05) is 19.3 Å². The highest BCUT2D eigenvalue weighted by Gasteiger charge is 2.42. The summed E-state index contributed by atoms with van der Waals surface area (Å²) in [7, 11) is 0. The summed E-state index contributed by atoms with van der Waals surface area (Å²) in [5.74, 6) is -0.667. The molecule has 1 rings (SSSR count). The molecule has 1 amide bonds. The van der Waals surface area contributed by atoms with Crippen molar-refractivity contribution in [1.29, 1.82) is 0 Å². The van der Waals surface area contributed by atoms with E-state index in [9.17, 15) is 9.59 Å². The van der Waals surface area contributed by atoms with Gasteiger partial charge in [0.2, 0.25) is 5.91 Å². The molecule has 110 valence electrons. The van der Waals surface area contributed by atoms with E-state index in [4.69, 9.17) is 10.8 Å². The van der Waals surface area contributed by atoms with Gasteiger partial charge < -0.3 is 16.2 Å². The van der Waals surface area contributed by atoms with Crippen molar-refractivity contribution in [3.63, 3.8) is 0 Å². The van der Waals surface area contributed by atoms with Crippen LogP contribution in [0.1, 0.15) is 58.3 Å². The van der Waals surface area contributed by atoms with Crippen molar-refractivity contribution < 1.29 is 14.7 Å². The van der Waals surface area contributed by atoms with Gasteiger partial charge in [0.15, 0.2) is 0 Å². The van der Waals surface area contributed by atoms with Gasteiger partial charge in [-0.25, -0.2) is 0 Å². The molecule has 1 aliphatic carbocycles. The minimum atomic E-state index is -0.739. The van der Waals surface area contributed by atoms with Gasteiger partial charge in [0.25, 0.3) is 0 Å². The molecule has 0 spiro atoms. The second-order valence-corrected chi connectivity index (χ2v) is 5.73. The van der Waals surface area contributed by atoms with Crippen molar-refractivity contribution in [1.82, 2.24) is 5.32 Å². The van der Waals surface area contributed by atoms with Gasteiger partial charge in [0.05, 0.1) is 5.41 Å². The normalized spacial score (nSPS) is 26.3. The van der Waals surface area contributed by atoms with Crippen molar-refractivity contribution in [2.45, 2.75) is 64.3 Å². The second-order valence-electron chi connectivity index (χ2n) is 5.73. The smallest absolute Gasteiger partial charge is 0.303 e. The molecule has 5 nitrogen and oxygen atoms in total. The summed E-state index contributed by atoms with van der Waals surface area (Å²) in [6.07, 6.45) is 6.54. The van der Waals surface area contributed by atoms with E-state index in [0.29, 0.717) is 13.0 Å². The Bertz CT molecular complexity index is 320. The molecule has 1 fully saturated rings. The van der Waals surface area contributed by atoms with Crippen LogP contribution in [-0.2, 0) is 9.59 Å². The lowest BCUT2D eigenvalue weighted by Gasteiger charge is -2.27. The van der Waals surface area contributed by atoms with E-state index in [0.717, 1.165) is 38.5 Å². The van der Waals surface area contributed by atoms with Crippen molar-refractivity contribution in [2.75, 3.05) is 6.54 Å². The maximum Gasteiger partial charge on any atom is 0.303 e. The third-order valence-corrected chi connectivity index (χ3v) is 4.15. The standard InChI is InChI=1S/C14H26N2O3/c1-14(9-6-7-11(14)15)13(19)16-10-5-3-2-4-8-12(17)18/h11H,2-10,15H2,1H3,(H,16,19)(H,17,18). The number of carbonyl (C=O) groups excluding carboxylic acids is 1. The van der Waals surface area contributed by atoms with E-state index in [1.165, 1.54) is 0 Å². The molecule has 0 aromatic carbocycles. The van der Waals surface area contributed by atoms with Crippen LogP contribution in [0.4, 0.5) is 0 Å². The summed E-state index contributed by atoms with van der Waals surface area (Å²) < 4.78 is 0. The van der Waals surface area contributed by atoms with E-state index >= 15 is 0 Å². The molecule has 0 bridgehead atoms. The van der Waals surface area contributed by atoms with Crippen LogP contribution in [0.15, 0.2) is 0 Å². The summed E-state index contributed by atoms with van der Waals surface area (Å²) in [6.45, 7) is 2.61. The van der Waals surface area contributed by atoms with E-state index in [-0.39, 0.29) is 18.4 Å².